The molecule has 21 heavy (non-hydrogen) atoms. The molecule has 2 rings (SSSR count). The van der Waals surface area contributed by atoms with Crippen molar-refractivity contribution in [2.45, 2.75) is 58.3 Å². The van der Waals surface area contributed by atoms with Gasteiger partial charge in [-0.05, 0) is 39.8 Å². The van der Waals surface area contributed by atoms with E-state index in [-0.39, 0.29) is 5.92 Å². The minimum atomic E-state index is -1.47. The SMILES string of the molecule is CCOC1C=C[C@@]2(O)OC[C@H](C)[C@H]2N1C(=O)OC(C)(C)C. The van der Waals surface area contributed by atoms with Gasteiger partial charge in [0.15, 0.2) is 6.23 Å². The number of carbonyl (C=O) groups is 1. The molecule has 1 unspecified atom stereocenters. The highest BCUT2D eigenvalue weighted by molar-refractivity contribution is 5.70. The largest absolute Gasteiger partial charge is 0.444 e. The van der Waals surface area contributed by atoms with E-state index in [1.165, 1.54) is 4.90 Å². The van der Waals surface area contributed by atoms with Gasteiger partial charge < -0.3 is 19.3 Å². The van der Waals surface area contributed by atoms with Gasteiger partial charge >= 0.3 is 6.09 Å². The van der Waals surface area contributed by atoms with Gasteiger partial charge in [0.25, 0.3) is 0 Å². The van der Waals surface area contributed by atoms with E-state index in [4.69, 9.17) is 14.2 Å². The molecule has 1 fully saturated rings. The second-order valence-electron chi connectivity index (χ2n) is 6.58. The van der Waals surface area contributed by atoms with E-state index >= 15 is 0 Å². The van der Waals surface area contributed by atoms with Gasteiger partial charge in [0.05, 0.1) is 6.61 Å². The average molecular weight is 299 g/mol. The molecule has 1 amide bonds. The van der Waals surface area contributed by atoms with Crippen LogP contribution in [0.15, 0.2) is 12.2 Å². The number of ether oxygens (including phenoxy) is 3. The summed E-state index contributed by atoms with van der Waals surface area (Å²) in [6.07, 6.45) is 2.15. The number of hydrogen-bond donors (Lipinski definition) is 1. The summed E-state index contributed by atoms with van der Waals surface area (Å²) in [5.41, 5.74) is -0.615. The van der Waals surface area contributed by atoms with Crippen LogP contribution in [0.2, 0.25) is 0 Å². The third kappa shape index (κ3) is 3.22. The number of rotatable bonds is 2. The maximum Gasteiger partial charge on any atom is 0.413 e. The molecule has 6 nitrogen and oxygen atoms in total. The van der Waals surface area contributed by atoms with Crippen molar-refractivity contribution in [3.63, 3.8) is 0 Å². The van der Waals surface area contributed by atoms with Crippen molar-refractivity contribution in [1.29, 1.82) is 0 Å². The number of aliphatic hydroxyl groups is 1. The first-order valence-corrected chi connectivity index (χ1v) is 7.36. The van der Waals surface area contributed by atoms with Crippen LogP contribution in [0, 0.1) is 5.92 Å². The summed E-state index contributed by atoms with van der Waals surface area (Å²) < 4.78 is 16.5. The van der Waals surface area contributed by atoms with Gasteiger partial charge in [0.2, 0.25) is 5.79 Å². The molecular formula is C15H25NO5. The molecule has 6 heteroatoms. The minimum Gasteiger partial charge on any atom is -0.444 e. The molecule has 0 spiro atoms. The van der Waals surface area contributed by atoms with Gasteiger partial charge in [-0.2, -0.15) is 0 Å². The molecule has 0 radical (unpaired) electrons. The molecule has 0 aromatic carbocycles. The summed E-state index contributed by atoms with van der Waals surface area (Å²) in [4.78, 5) is 14.0. The summed E-state index contributed by atoms with van der Waals surface area (Å²) in [6, 6.07) is -0.520. The first-order valence-electron chi connectivity index (χ1n) is 7.36. The molecule has 0 aromatic heterocycles. The van der Waals surface area contributed by atoms with Crippen molar-refractivity contribution in [2.24, 2.45) is 5.92 Å². The Hall–Kier alpha value is -1.11. The molecule has 120 valence electrons. The lowest BCUT2D eigenvalue weighted by Crippen LogP contribution is -2.61. The predicted molar refractivity (Wildman–Crippen MR) is 76.5 cm³/mol. The summed E-state index contributed by atoms with van der Waals surface area (Å²) >= 11 is 0. The summed E-state index contributed by atoms with van der Waals surface area (Å²) in [5.74, 6) is -1.49. The summed E-state index contributed by atoms with van der Waals surface area (Å²) in [7, 11) is 0. The van der Waals surface area contributed by atoms with Gasteiger partial charge in [-0.1, -0.05) is 6.92 Å². The zero-order valence-corrected chi connectivity index (χ0v) is 13.3. The monoisotopic (exact) mass is 299 g/mol. The molecule has 0 aromatic rings. The first-order chi connectivity index (χ1) is 9.68. The van der Waals surface area contributed by atoms with Crippen molar-refractivity contribution in [2.75, 3.05) is 13.2 Å². The van der Waals surface area contributed by atoms with E-state index in [1.54, 1.807) is 32.9 Å². The second kappa shape index (κ2) is 5.59. The van der Waals surface area contributed by atoms with Crippen LogP contribution in [-0.4, -0.2) is 53.0 Å². The molecule has 2 aliphatic rings. The molecule has 1 N–H and O–H groups in total. The Morgan fingerprint density at radius 2 is 2.19 bits per heavy atom. The van der Waals surface area contributed by atoms with Crippen molar-refractivity contribution in [1.82, 2.24) is 4.90 Å². The quantitative estimate of drug-likeness (QED) is 0.789. The van der Waals surface area contributed by atoms with Crippen molar-refractivity contribution < 1.29 is 24.1 Å². The molecule has 2 heterocycles. The fourth-order valence-corrected chi connectivity index (χ4v) is 2.78. The topological polar surface area (TPSA) is 68.2 Å². The molecule has 1 saturated heterocycles. The molecule has 4 atom stereocenters. The van der Waals surface area contributed by atoms with Crippen molar-refractivity contribution >= 4 is 6.09 Å². The van der Waals surface area contributed by atoms with Gasteiger partial charge in [0.1, 0.15) is 11.6 Å². The maximum absolute atomic E-state index is 12.6. The van der Waals surface area contributed by atoms with E-state index < -0.39 is 29.8 Å². The number of hydrogen-bond acceptors (Lipinski definition) is 5. The van der Waals surface area contributed by atoms with Crippen LogP contribution in [0.1, 0.15) is 34.6 Å². The zero-order valence-electron chi connectivity index (χ0n) is 13.3. The minimum absolute atomic E-state index is 0.0181. The second-order valence-corrected chi connectivity index (χ2v) is 6.58. The highest BCUT2D eigenvalue weighted by Crippen LogP contribution is 2.39. The fraction of sp³-hybridized carbons (Fsp3) is 0.800. The van der Waals surface area contributed by atoms with Crippen LogP contribution in [0.25, 0.3) is 0 Å². The summed E-state index contributed by atoms with van der Waals surface area (Å²) in [6.45, 7) is 10.0. The third-order valence-electron chi connectivity index (χ3n) is 3.56. The summed E-state index contributed by atoms with van der Waals surface area (Å²) in [5, 5.41) is 10.6. The number of amides is 1. The molecule has 0 bridgehead atoms. The Balaban J connectivity index is 2.31. The predicted octanol–water partition coefficient (Wildman–Crippen LogP) is 1.88. The lowest BCUT2D eigenvalue weighted by atomic mass is 9.93. The third-order valence-corrected chi connectivity index (χ3v) is 3.56. The van der Waals surface area contributed by atoms with E-state index in [0.717, 1.165) is 0 Å². The van der Waals surface area contributed by atoms with Gasteiger partial charge in [0, 0.05) is 12.5 Å². The first kappa shape index (κ1) is 16.3. The molecular weight excluding hydrogens is 274 g/mol. The maximum atomic E-state index is 12.6. The number of fused-ring (bicyclic) bond motifs is 1. The van der Waals surface area contributed by atoms with Crippen LogP contribution in [0.4, 0.5) is 4.79 Å². The van der Waals surface area contributed by atoms with E-state index in [2.05, 4.69) is 0 Å². The molecule has 0 saturated carbocycles. The Kier molecular flexibility index (Phi) is 4.33. The fourth-order valence-electron chi connectivity index (χ4n) is 2.78. The van der Waals surface area contributed by atoms with Crippen LogP contribution < -0.4 is 0 Å². The van der Waals surface area contributed by atoms with Crippen molar-refractivity contribution in [3.05, 3.63) is 12.2 Å². The molecule has 0 aliphatic carbocycles. The van der Waals surface area contributed by atoms with Crippen LogP contribution in [0.3, 0.4) is 0 Å². The Morgan fingerprint density at radius 1 is 1.52 bits per heavy atom. The van der Waals surface area contributed by atoms with E-state index in [1.807, 2.05) is 13.8 Å². The normalized spacial score (nSPS) is 35.7. The van der Waals surface area contributed by atoms with Gasteiger partial charge in [-0.25, -0.2) is 4.79 Å². The average Bonchev–Trinajstić information content (AvgIpc) is 2.65. The van der Waals surface area contributed by atoms with Crippen LogP contribution in [-0.2, 0) is 14.2 Å². The number of carbonyl (C=O) groups excluding carboxylic acids is 1. The highest BCUT2D eigenvalue weighted by atomic mass is 16.6. The van der Waals surface area contributed by atoms with Crippen LogP contribution in [0.5, 0.6) is 0 Å². The Labute approximate surface area is 125 Å². The zero-order chi connectivity index (χ0) is 15.8. The highest BCUT2D eigenvalue weighted by Gasteiger charge is 2.55. The lowest BCUT2D eigenvalue weighted by Gasteiger charge is -2.43. The Bertz CT molecular complexity index is 430. The standard InChI is InChI=1S/C15H25NO5/c1-6-19-11-7-8-15(18)12(10(2)9-20-15)16(11)13(17)21-14(3,4)5/h7-8,10-12,18H,6,9H2,1-5H3/t10-,11?,12+,15+/m0/s1. The van der Waals surface area contributed by atoms with E-state index in [0.29, 0.717) is 13.2 Å². The lowest BCUT2D eigenvalue weighted by molar-refractivity contribution is -0.187. The van der Waals surface area contributed by atoms with Gasteiger partial charge in [-0.15, -0.1) is 0 Å². The Morgan fingerprint density at radius 3 is 2.76 bits per heavy atom. The number of nitrogens with zero attached hydrogens (tertiary/aromatic N) is 1. The molecule has 2 aliphatic heterocycles. The van der Waals surface area contributed by atoms with Gasteiger partial charge in [-0.3, -0.25) is 4.90 Å². The smallest absolute Gasteiger partial charge is 0.413 e. The van der Waals surface area contributed by atoms with Crippen LogP contribution >= 0.6 is 0 Å². The van der Waals surface area contributed by atoms with Crippen molar-refractivity contribution in [3.8, 4) is 0 Å². The van der Waals surface area contributed by atoms with E-state index in [9.17, 15) is 9.90 Å².